The van der Waals surface area contributed by atoms with E-state index in [1.54, 1.807) is 16.8 Å². The highest BCUT2D eigenvalue weighted by Crippen LogP contribution is 2.24. The van der Waals surface area contributed by atoms with Crippen LogP contribution in [0.2, 0.25) is 0 Å². The molecule has 2 unspecified atom stereocenters. The smallest absolute Gasteiger partial charge is 0.291 e. The normalized spacial score (nSPS) is 20.3. The summed E-state index contributed by atoms with van der Waals surface area (Å²) in [5.41, 5.74) is 6.40. The van der Waals surface area contributed by atoms with Gasteiger partial charge in [0.15, 0.2) is 0 Å². The fourth-order valence-corrected chi connectivity index (χ4v) is 3.50. The molecule has 140 valence electrons. The molecule has 0 radical (unpaired) electrons. The molecule has 1 heterocycles. The molecule has 1 aromatic carbocycles. The summed E-state index contributed by atoms with van der Waals surface area (Å²) in [4.78, 5) is 17.1. The number of halogens is 1. The van der Waals surface area contributed by atoms with Crippen LogP contribution in [0.5, 0.6) is 0 Å². The fourth-order valence-electron chi connectivity index (χ4n) is 3.50. The van der Waals surface area contributed by atoms with Gasteiger partial charge in [-0.05, 0) is 43.5 Å². The number of nitrogens with one attached hydrogen (secondary N) is 1. The van der Waals surface area contributed by atoms with E-state index in [2.05, 4.69) is 15.4 Å². The zero-order chi connectivity index (χ0) is 18.7. The molecule has 0 bridgehead atoms. The van der Waals surface area contributed by atoms with Crippen molar-refractivity contribution in [2.24, 2.45) is 11.7 Å². The summed E-state index contributed by atoms with van der Waals surface area (Å²) >= 11 is 0. The van der Waals surface area contributed by atoms with Gasteiger partial charge >= 0.3 is 0 Å². The molecule has 1 fully saturated rings. The van der Waals surface area contributed by atoms with Crippen molar-refractivity contribution in [3.05, 3.63) is 41.7 Å². The van der Waals surface area contributed by atoms with Crippen LogP contribution >= 0.6 is 0 Å². The Balaban J connectivity index is 1.86. The number of nitrogens with zero attached hydrogens (tertiary/aromatic N) is 3. The number of carbonyl (C=O) groups excluding carboxylic acids is 1. The number of nitrogens with two attached hydrogens (primary N) is 1. The topological polar surface area (TPSA) is 85.8 Å². The first-order valence-electron chi connectivity index (χ1n) is 9.23. The van der Waals surface area contributed by atoms with E-state index in [0.29, 0.717) is 24.0 Å². The highest BCUT2D eigenvalue weighted by molar-refractivity contribution is 5.90. The van der Waals surface area contributed by atoms with Gasteiger partial charge in [0, 0.05) is 12.0 Å². The standard InChI is InChI=1S/C19H26FN5O/c1-12(2)18-23-17(24-25(18)15-8-5-7-14(20)10-15)19(26)22-16-9-4-3-6-13(16)11-21/h5,7-8,10,12-13,16H,3-4,6,9,11,21H2,1-2H3,(H,22,26). The molecule has 3 N–H and O–H groups in total. The van der Waals surface area contributed by atoms with Gasteiger partial charge in [-0.3, -0.25) is 4.79 Å². The number of hydrogen-bond donors (Lipinski definition) is 2. The summed E-state index contributed by atoms with van der Waals surface area (Å²) in [5.74, 6) is 0.416. The molecule has 26 heavy (non-hydrogen) atoms. The molecule has 0 spiro atoms. The molecule has 1 aliphatic rings. The van der Waals surface area contributed by atoms with Crippen LogP contribution in [0.15, 0.2) is 24.3 Å². The summed E-state index contributed by atoms with van der Waals surface area (Å²) in [6.07, 6.45) is 4.20. The molecule has 0 saturated heterocycles. The third kappa shape index (κ3) is 3.93. The van der Waals surface area contributed by atoms with E-state index < -0.39 is 0 Å². The predicted molar refractivity (Wildman–Crippen MR) is 97.7 cm³/mol. The Labute approximate surface area is 153 Å². The van der Waals surface area contributed by atoms with Crippen LogP contribution in [0.3, 0.4) is 0 Å². The first-order chi connectivity index (χ1) is 12.5. The van der Waals surface area contributed by atoms with E-state index in [4.69, 9.17) is 5.73 Å². The molecule has 1 amide bonds. The molecule has 3 rings (SSSR count). The Morgan fingerprint density at radius 1 is 1.38 bits per heavy atom. The average molecular weight is 359 g/mol. The molecule has 1 aliphatic carbocycles. The maximum Gasteiger partial charge on any atom is 0.291 e. The van der Waals surface area contributed by atoms with E-state index in [1.165, 1.54) is 12.1 Å². The molecular weight excluding hydrogens is 333 g/mol. The lowest BCUT2D eigenvalue weighted by Crippen LogP contribution is -2.45. The van der Waals surface area contributed by atoms with Gasteiger partial charge in [0.1, 0.15) is 11.6 Å². The maximum atomic E-state index is 13.6. The molecule has 6 nitrogen and oxygen atoms in total. The van der Waals surface area contributed by atoms with Crippen LogP contribution in [0.25, 0.3) is 5.69 Å². The molecule has 1 aromatic heterocycles. The van der Waals surface area contributed by atoms with Crippen LogP contribution in [0.1, 0.15) is 61.9 Å². The van der Waals surface area contributed by atoms with Gasteiger partial charge in [-0.1, -0.05) is 32.8 Å². The van der Waals surface area contributed by atoms with Gasteiger partial charge in [-0.15, -0.1) is 5.10 Å². The van der Waals surface area contributed by atoms with Crippen molar-refractivity contribution < 1.29 is 9.18 Å². The lowest BCUT2D eigenvalue weighted by molar-refractivity contribution is 0.0897. The van der Waals surface area contributed by atoms with Gasteiger partial charge in [0.2, 0.25) is 5.82 Å². The zero-order valence-electron chi connectivity index (χ0n) is 15.3. The Hall–Kier alpha value is -2.28. The Morgan fingerprint density at radius 3 is 2.85 bits per heavy atom. The van der Waals surface area contributed by atoms with Crippen molar-refractivity contribution in [1.29, 1.82) is 0 Å². The van der Waals surface area contributed by atoms with Crippen molar-refractivity contribution >= 4 is 5.91 Å². The summed E-state index contributed by atoms with van der Waals surface area (Å²) in [6, 6.07) is 6.18. The number of carbonyl (C=O) groups is 1. The largest absolute Gasteiger partial charge is 0.346 e. The summed E-state index contributed by atoms with van der Waals surface area (Å²) in [5, 5.41) is 7.40. The number of hydrogen-bond acceptors (Lipinski definition) is 4. The molecule has 1 saturated carbocycles. The minimum absolute atomic E-state index is 0.0405. The van der Waals surface area contributed by atoms with E-state index in [0.717, 1.165) is 25.7 Å². The van der Waals surface area contributed by atoms with Crippen molar-refractivity contribution in [2.75, 3.05) is 6.54 Å². The SMILES string of the molecule is CC(C)c1nc(C(=O)NC2CCCCC2CN)nn1-c1cccc(F)c1. The van der Waals surface area contributed by atoms with Crippen molar-refractivity contribution in [2.45, 2.75) is 51.5 Å². The lowest BCUT2D eigenvalue weighted by atomic mass is 9.84. The van der Waals surface area contributed by atoms with E-state index in [9.17, 15) is 9.18 Å². The third-order valence-electron chi connectivity index (χ3n) is 4.93. The second-order valence-corrected chi connectivity index (χ2v) is 7.20. The second-order valence-electron chi connectivity index (χ2n) is 7.20. The van der Waals surface area contributed by atoms with E-state index in [-0.39, 0.29) is 29.5 Å². The Bertz CT molecular complexity index is 773. The van der Waals surface area contributed by atoms with Crippen LogP contribution in [-0.2, 0) is 0 Å². The van der Waals surface area contributed by atoms with Gasteiger partial charge in [0.25, 0.3) is 5.91 Å². The number of rotatable bonds is 5. The van der Waals surface area contributed by atoms with Gasteiger partial charge in [-0.25, -0.2) is 14.1 Å². The van der Waals surface area contributed by atoms with Crippen molar-refractivity contribution in [1.82, 2.24) is 20.1 Å². The predicted octanol–water partition coefficient (Wildman–Crippen LogP) is 2.78. The second kappa shape index (κ2) is 7.95. The Morgan fingerprint density at radius 2 is 2.15 bits per heavy atom. The Kier molecular flexibility index (Phi) is 5.66. The maximum absolute atomic E-state index is 13.6. The van der Waals surface area contributed by atoms with E-state index in [1.807, 2.05) is 13.8 Å². The summed E-state index contributed by atoms with van der Waals surface area (Å²) in [7, 11) is 0. The third-order valence-corrected chi connectivity index (χ3v) is 4.93. The first kappa shape index (κ1) is 18.5. The molecule has 2 atom stereocenters. The highest BCUT2D eigenvalue weighted by atomic mass is 19.1. The van der Waals surface area contributed by atoms with Crippen LogP contribution in [-0.4, -0.2) is 33.3 Å². The molecule has 2 aromatic rings. The van der Waals surface area contributed by atoms with E-state index >= 15 is 0 Å². The number of benzene rings is 1. The molecular formula is C19H26FN5O. The highest BCUT2D eigenvalue weighted by Gasteiger charge is 2.28. The molecule has 7 heteroatoms. The number of amides is 1. The number of aromatic nitrogens is 3. The summed E-state index contributed by atoms with van der Waals surface area (Å²) < 4.78 is 15.1. The minimum atomic E-state index is -0.355. The van der Waals surface area contributed by atoms with Crippen LogP contribution in [0, 0.1) is 11.7 Å². The lowest BCUT2D eigenvalue weighted by Gasteiger charge is -2.30. The monoisotopic (exact) mass is 359 g/mol. The minimum Gasteiger partial charge on any atom is -0.346 e. The summed E-state index contributed by atoms with van der Waals surface area (Å²) in [6.45, 7) is 4.49. The molecule has 0 aliphatic heterocycles. The first-order valence-corrected chi connectivity index (χ1v) is 9.23. The van der Waals surface area contributed by atoms with Gasteiger partial charge < -0.3 is 11.1 Å². The van der Waals surface area contributed by atoms with Crippen molar-refractivity contribution in [3.8, 4) is 5.69 Å². The van der Waals surface area contributed by atoms with Crippen LogP contribution < -0.4 is 11.1 Å². The van der Waals surface area contributed by atoms with Crippen molar-refractivity contribution in [3.63, 3.8) is 0 Å². The fraction of sp³-hybridized carbons (Fsp3) is 0.526. The van der Waals surface area contributed by atoms with Gasteiger partial charge in [-0.2, -0.15) is 0 Å². The zero-order valence-corrected chi connectivity index (χ0v) is 15.3. The quantitative estimate of drug-likeness (QED) is 0.859. The average Bonchev–Trinajstić information content (AvgIpc) is 3.08. The van der Waals surface area contributed by atoms with Crippen LogP contribution in [0.4, 0.5) is 4.39 Å². The van der Waals surface area contributed by atoms with Gasteiger partial charge in [0.05, 0.1) is 5.69 Å².